The lowest BCUT2D eigenvalue weighted by molar-refractivity contribution is -0.385. The molecule has 0 aliphatic carbocycles. The Balaban J connectivity index is 2.33. The van der Waals surface area contributed by atoms with Crippen LogP contribution in [0, 0.1) is 28.4 Å². The van der Waals surface area contributed by atoms with Gasteiger partial charge in [-0.2, -0.15) is 5.26 Å². The molecule has 0 atom stereocenters. The number of carbonyl (C=O) groups excluding carboxylic acids is 1. The summed E-state index contributed by atoms with van der Waals surface area (Å²) >= 11 is 5.89. The van der Waals surface area contributed by atoms with E-state index in [1.165, 1.54) is 12.1 Å². The summed E-state index contributed by atoms with van der Waals surface area (Å²) in [6.07, 6.45) is 1.20. The number of aryl methyl sites for hydroxylation is 1. The van der Waals surface area contributed by atoms with Gasteiger partial charge in [-0.05, 0) is 42.3 Å². The molecule has 0 heterocycles. The first-order valence-electron chi connectivity index (χ1n) is 6.98. The van der Waals surface area contributed by atoms with Crippen LogP contribution in [0.5, 0.6) is 5.75 Å². The van der Waals surface area contributed by atoms with E-state index in [-0.39, 0.29) is 11.1 Å². The number of nitrogens with zero attached hydrogens (tertiary/aromatic N) is 2. The van der Waals surface area contributed by atoms with Gasteiger partial charge in [0, 0.05) is 16.8 Å². The summed E-state index contributed by atoms with van der Waals surface area (Å²) in [6.45, 7) is 1.77. The number of aromatic hydroxyl groups is 1. The maximum absolute atomic E-state index is 12.3. The van der Waals surface area contributed by atoms with Gasteiger partial charge in [-0.1, -0.05) is 23.7 Å². The van der Waals surface area contributed by atoms with Crippen molar-refractivity contribution in [3.8, 4) is 11.8 Å². The molecule has 0 saturated carbocycles. The van der Waals surface area contributed by atoms with Gasteiger partial charge in [0.1, 0.15) is 11.6 Å². The Morgan fingerprint density at radius 3 is 2.72 bits per heavy atom. The number of nitro benzene ring substituents is 1. The Hall–Kier alpha value is -3.37. The molecule has 0 bridgehead atoms. The minimum atomic E-state index is -0.756. The third-order valence-electron chi connectivity index (χ3n) is 3.32. The molecular weight excluding hydrogens is 346 g/mol. The standard InChI is InChI=1S/C17H12ClN3O4/c1-10-2-4-13(18)8-14(10)20-17(23)12(9-19)6-11-3-5-16(22)15(7-11)21(24)25/h2-8,22H,1H3,(H,20,23). The van der Waals surface area contributed by atoms with Crippen LogP contribution in [-0.4, -0.2) is 15.9 Å². The van der Waals surface area contributed by atoms with Crippen molar-refractivity contribution in [2.24, 2.45) is 0 Å². The van der Waals surface area contributed by atoms with E-state index in [1.54, 1.807) is 31.2 Å². The average Bonchev–Trinajstić information content (AvgIpc) is 2.57. The second-order valence-corrected chi connectivity index (χ2v) is 5.52. The van der Waals surface area contributed by atoms with Crippen molar-refractivity contribution in [3.63, 3.8) is 0 Å². The highest BCUT2D eigenvalue weighted by Gasteiger charge is 2.15. The molecule has 0 spiro atoms. The molecule has 2 N–H and O–H groups in total. The van der Waals surface area contributed by atoms with Crippen molar-refractivity contribution < 1.29 is 14.8 Å². The molecule has 7 nitrogen and oxygen atoms in total. The first-order valence-corrected chi connectivity index (χ1v) is 7.36. The number of hydrogen-bond donors (Lipinski definition) is 2. The Bertz CT molecular complexity index is 932. The van der Waals surface area contributed by atoms with E-state index in [2.05, 4.69) is 5.32 Å². The molecule has 2 rings (SSSR count). The van der Waals surface area contributed by atoms with E-state index in [9.17, 15) is 25.3 Å². The maximum atomic E-state index is 12.3. The number of nitrogens with one attached hydrogen (secondary N) is 1. The lowest BCUT2D eigenvalue weighted by Crippen LogP contribution is -2.14. The quantitative estimate of drug-likeness (QED) is 0.373. The Morgan fingerprint density at radius 2 is 2.08 bits per heavy atom. The van der Waals surface area contributed by atoms with Gasteiger partial charge in [0.25, 0.3) is 5.91 Å². The lowest BCUT2D eigenvalue weighted by Gasteiger charge is -2.08. The number of nitriles is 1. The van der Waals surface area contributed by atoms with Crippen molar-refractivity contribution in [1.82, 2.24) is 0 Å². The number of anilines is 1. The number of amides is 1. The average molecular weight is 358 g/mol. The highest BCUT2D eigenvalue weighted by atomic mass is 35.5. The van der Waals surface area contributed by atoms with Crippen LogP contribution in [0.4, 0.5) is 11.4 Å². The van der Waals surface area contributed by atoms with Crippen molar-refractivity contribution in [2.75, 3.05) is 5.32 Å². The minimum absolute atomic E-state index is 0.235. The van der Waals surface area contributed by atoms with Crippen LogP contribution < -0.4 is 5.32 Å². The topological polar surface area (TPSA) is 116 Å². The van der Waals surface area contributed by atoms with Crippen LogP contribution in [0.15, 0.2) is 42.0 Å². The van der Waals surface area contributed by atoms with Crippen molar-refractivity contribution in [1.29, 1.82) is 5.26 Å². The number of halogens is 1. The molecule has 1 amide bonds. The Morgan fingerprint density at radius 1 is 1.36 bits per heavy atom. The lowest BCUT2D eigenvalue weighted by atomic mass is 10.1. The van der Waals surface area contributed by atoms with E-state index < -0.39 is 22.3 Å². The third kappa shape index (κ3) is 4.34. The predicted molar refractivity (Wildman–Crippen MR) is 93.2 cm³/mol. The maximum Gasteiger partial charge on any atom is 0.311 e. The first kappa shape index (κ1) is 18.0. The molecule has 0 aliphatic heterocycles. The molecule has 126 valence electrons. The van der Waals surface area contributed by atoms with Crippen LogP contribution in [0.1, 0.15) is 11.1 Å². The molecule has 8 heteroatoms. The first-order chi connectivity index (χ1) is 11.8. The van der Waals surface area contributed by atoms with Crippen LogP contribution in [0.25, 0.3) is 6.08 Å². The fourth-order valence-corrected chi connectivity index (χ4v) is 2.18. The molecule has 0 radical (unpaired) electrons. The van der Waals surface area contributed by atoms with Gasteiger partial charge in [-0.15, -0.1) is 0 Å². The molecule has 25 heavy (non-hydrogen) atoms. The fraction of sp³-hybridized carbons (Fsp3) is 0.0588. The van der Waals surface area contributed by atoms with Crippen LogP contribution in [0.3, 0.4) is 0 Å². The summed E-state index contributed by atoms with van der Waals surface area (Å²) in [5.41, 5.74) is 0.682. The Labute approximate surface area is 147 Å². The highest BCUT2D eigenvalue weighted by Crippen LogP contribution is 2.27. The monoisotopic (exact) mass is 357 g/mol. The molecule has 0 aromatic heterocycles. The van der Waals surface area contributed by atoms with Gasteiger partial charge in [-0.25, -0.2) is 0 Å². The predicted octanol–water partition coefficient (Wildman–Crippen LogP) is 3.81. The van der Waals surface area contributed by atoms with E-state index in [0.29, 0.717) is 10.7 Å². The molecule has 0 aliphatic rings. The smallest absolute Gasteiger partial charge is 0.311 e. The third-order valence-corrected chi connectivity index (χ3v) is 3.56. The van der Waals surface area contributed by atoms with E-state index in [4.69, 9.17) is 11.6 Å². The van der Waals surface area contributed by atoms with Crippen LogP contribution in [0.2, 0.25) is 5.02 Å². The van der Waals surface area contributed by atoms with Crippen LogP contribution in [-0.2, 0) is 4.79 Å². The van der Waals surface area contributed by atoms with Crippen LogP contribution >= 0.6 is 11.6 Å². The fourth-order valence-electron chi connectivity index (χ4n) is 2.01. The van der Waals surface area contributed by atoms with Crippen molar-refractivity contribution >= 4 is 35.0 Å². The van der Waals surface area contributed by atoms with Gasteiger partial charge in [0.2, 0.25) is 0 Å². The largest absolute Gasteiger partial charge is 0.502 e. The SMILES string of the molecule is Cc1ccc(Cl)cc1NC(=O)C(C#N)=Cc1ccc(O)c([N+](=O)[O-])c1. The summed E-state index contributed by atoms with van der Waals surface area (Å²) in [4.78, 5) is 22.4. The number of phenols is 1. The summed E-state index contributed by atoms with van der Waals surface area (Å²) in [6, 6.07) is 10.2. The zero-order chi connectivity index (χ0) is 18.6. The number of nitro groups is 1. The van der Waals surface area contributed by atoms with Crippen molar-refractivity contribution in [3.05, 3.63) is 68.2 Å². The van der Waals surface area contributed by atoms with E-state index >= 15 is 0 Å². The number of hydrogen-bond acceptors (Lipinski definition) is 5. The van der Waals surface area contributed by atoms with Gasteiger partial charge in [-0.3, -0.25) is 14.9 Å². The second-order valence-electron chi connectivity index (χ2n) is 5.09. The van der Waals surface area contributed by atoms with Crippen molar-refractivity contribution in [2.45, 2.75) is 6.92 Å². The summed E-state index contributed by atoms with van der Waals surface area (Å²) in [5, 5.41) is 32.5. The molecular formula is C17H12ClN3O4. The molecule has 0 unspecified atom stereocenters. The zero-order valence-electron chi connectivity index (χ0n) is 13.0. The normalized spacial score (nSPS) is 10.8. The van der Waals surface area contributed by atoms with Gasteiger partial charge >= 0.3 is 5.69 Å². The molecule has 0 saturated heterocycles. The number of benzene rings is 2. The number of carbonyl (C=O) groups is 1. The summed E-state index contributed by atoms with van der Waals surface area (Å²) in [5.74, 6) is -1.18. The summed E-state index contributed by atoms with van der Waals surface area (Å²) < 4.78 is 0. The molecule has 2 aromatic carbocycles. The second kappa shape index (κ2) is 7.47. The molecule has 2 aromatic rings. The van der Waals surface area contributed by atoms with Gasteiger partial charge < -0.3 is 10.4 Å². The molecule has 0 fully saturated rings. The minimum Gasteiger partial charge on any atom is -0.502 e. The Kier molecular flexibility index (Phi) is 5.37. The number of phenolic OH excluding ortho intramolecular Hbond substituents is 1. The highest BCUT2D eigenvalue weighted by molar-refractivity contribution is 6.31. The van der Waals surface area contributed by atoms with E-state index in [1.807, 2.05) is 0 Å². The van der Waals surface area contributed by atoms with Gasteiger partial charge in [0.05, 0.1) is 4.92 Å². The zero-order valence-corrected chi connectivity index (χ0v) is 13.7. The number of rotatable bonds is 4. The van der Waals surface area contributed by atoms with E-state index in [0.717, 1.165) is 17.7 Å². The van der Waals surface area contributed by atoms with Gasteiger partial charge in [0.15, 0.2) is 5.75 Å². The summed E-state index contributed by atoms with van der Waals surface area (Å²) in [7, 11) is 0.